The zero-order valence-corrected chi connectivity index (χ0v) is 21.7. The van der Waals surface area contributed by atoms with Crippen molar-refractivity contribution in [2.75, 3.05) is 6.61 Å². The van der Waals surface area contributed by atoms with Gasteiger partial charge < -0.3 is 10.1 Å². The Morgan fingerprint density at radius 2 is 1.70 bits per heavy atom. The quantitative estimate of drug-likeness (QED) is 0.431. The van der Waals surface area contributed by atoms with Crippen LogP contribution in [0.25, 0.3) is 11.1 Å². The third kappa shape index (κ3) is 6.46. The molecule has 0 saturated heterocycles. The van der Waals surface area contributed by atoms with E-state index in [0.717, 1.165) is 41.5 Å². The minimum absolute atomic E-state index is 0.0373. The second-order valence-electron chi connectivity index (χ2n) is 10.8. The summed E-state index contributed by atoms with van der Waals surface area (Å²) in [7, 11) is 0. The Labute approximate surface area is 219 Å². The predicted octanol–water partition coefficient (Wildman–Crippen LogP) is 5.55. The summed E-state index contributed by atoms with van der Waals surface area (Å²) in [6.45, 7) is 4.22. The van der Waals surface area contributed by atoms with Gasteiger partial charge in [0.05, 0.1) is 12.5 Å². The highest BCUT2D eigenvalue weighted by Crippen LogP contribution is 2.44. The smallest absolute Gasteiger partial charge is 0.306 e. The van der Waals surface area contributed by atoms with E-state index in [9.17, 15) is 19.6 Å². The molecule has 3 atom stereocenters. The number of carbonyl (C=O) groups excluding carboxylic acids is 3. The predicted molar refractivity (Wildman–Crippen MR) is 141 cm³/mol. The molecule has 1 fully saturated rings. The highest BCUT2D eigenvalue weighted by Gasteiger charge is 2.32. The highest BCUT2D eigenvalue weighted by molar-refractivity contribution is 5.85. The fourth-order valence-electron chi connectivity index (χ4n) is 5.75. The van der Waals surface area contributed by atoms with Crippen LogP contribution in [0.15, 0.2) is 48.5 Å². The Morgan fingerprint density at radius 1 is 1.05 bits per heavy atom. The van der Waals surface area contributed by atoms with Gasteiger partial charge in [-0.2, -0.15) is 5.26 Å². The van der Waals surface area contributed by atoms with Crippen LogP contribution in [-0.2, 0) is 19.1 Å². The van der Waals surface area contributed by atoms with Crippen LogP contribution in [0.5, 0.6) is 0 Å². The molecule has 194 valence electrons. The van der Waals surface area contributed by atoms with Gasteiger partial charge in [0.1, 0.15) is 18.4 Å². The number of hydrogen-bond acceptors (Lipinski definition) is 5. The summed E-state index contributed by atoms with van der Waals surface area (Å²) in [5.74, 6) is -1.17. The molecule has 2 aliphatic carbocycles. The maximum Gasteiger partial charge on any atom is 0.306 e. The normalized spacial score (nSPS) is 18.4. The van der Waals surface area contributed by atoms with Gasteiger partial charge in [-0.3, -0.25) is 14.4 Å². The summed E-state index contributed by atoms with van der Waals surface area (Å²) in [4.78, 5) is 38.3. The van der Waals surface area contributed by atoms with E-state index in [2.05, 4.69) is 35.7 Å². The number of hydrogen-bond donors (Lipinski definition) is 1. The topological polar surface area (TPSA) is 96.3 Å². The Morgan fingerprint density at radius 3 is 2.30 bits per heavy atom. The Bertz CT molecular complexity index is 1140. The van der Waals surface area contributed by atoms with Gasteiger partial charge in [0, 0.05) is 24.2 Å². The second kappa shape index (κ2) is 12.2. The number of nitrogens with zero attached hydrogens (tertiary/aromatic N) is 1. The van der Waals surface area contributed by atoms with Crippen LogP contribution in [0.3, 0.4) is 0 Å². The molecule has 0 heterocycles. The third-order valence-corrected chi connectivity index (χ3v) is 7.59. The van der Waals surface area contributed by atoms with Gasteiger partial charge in [-0.1, -0.05) is 68.8 Å². The molecule has 2 aromatic carbocycles. The molecular formula is C31H36N2O4. The van der Waals surface area contributed by atoms with Crippen LogP contribution >= 0.6 is 0 Å². The molecule has 0 bridgehead atoms. The van der Waals surface area contributed by atoms with Crippen molar-refractivity contribution in [2.45, 2.75) is 70.8 Å². The number of ketones is 1. The first-order chi connectivity index (χ1) is 17.9. The van der Waals surface area contributed by atoms with Crippen molar-refractivity contribution in [1.82, 2.24) is 5.32 Å². The van der Waals surface area contributed by atoms with Crippen LogP contribution in [-0.4, -0.2) is 30.3 Å². The minimum atomic E-state index is -0.739. The summed E-state index contributed by atoms with van der Waals surface area (Å²) in [6, 6.07) is 17.7. The van der Waals surface area contributed by atoms with E-state index in [1.165, 1.54) is 0 Å². The van der Waals surface area contributed by atoms with E-state index in [-0.39, 0.29) is 42.5 Å². The van der Waals surface area contributed by atoms with E-state index in [1.54, 1.807) is 0 Å². The molecule has 0 aliphatic heterocycles. The van der Waals surface area contributed by atoms with Gasteiger partial charge in [-0.15, -0.1) is 0 Å². The zero-order valence-electron chi connectivity index (χ0n) is 21.7. The molecule has 0 radical (unpaired) electrons. The monoisotopic (exact) mass is 500 g/mol. The van der Waals surface area contributed by atoms with E-state index in [1.807, 2.05) is 38.1 Å². The Hall–Kier alpha value is -3.46. The number of benzene rings is 2. The lowest BCUT2D eigenvalue weighted by atomic mass is 9.83. The van der Waals surface area contributed by atoms with Crippen LogP contribution in [0.2, 0.25) is 0 Å². The third-order valence-electron chi connectivity index (χ3n) is 7.59. The average Bonchev–Trinajstić information content (AvgIpc) is 3.21. The van der Waals surface area contributed by atoms with Crippen molar-refractivity contribution >= 4 is 17.7 Å². The SMILES string of the molecule is CC(C)C[C@H](CC(=O)OCC1c2ccccc2-c2ccccc21)C(=O)N[C@H](C#N)C[C@@H]1CCCCC1=O. The summed E-state index contributed by atoms with van der Waals surface area (Å²) in [5, 5.41) is 12.4. The highest BCUT2D eigenvalue weighted by atomic mass is 16.5. The molecule has 2 aromatic rings. The van der Waals surface area contributed by atoms with Gasteiger partial charge in [-0.25, -0.2) is 0 Å². The van der Waals surface area contributed by atoms with Crippen molar-refractivity contribution < 1.29 is 19.1 Å². The van der Waals surface area contributed by atoms with Crippen LogP contribution in [0, 0.1) is 29.1 Å². The molecule has 4 rings (SSSR count). The van der Waals surface area contributed by atoms with E-state index >= 15 is 0 Å². The number of esters is 1. The molecular weight excluding hydrogens is 464 g/mol. The number of carbonyl (C=O) groups is 3. The lowest BCUT2D eigenvalue weighted by Gasteiger charge is -2.25. The molecule has 0 unspecified atom stereocenters. The number of amides is 1. The van der Waals surface area contributed by atoms with Gasteiger partial charge in [0.15, 0.2) is 0 Å². The first-order valence-electron chi connectivity index (χ1n) is 13.4. The number of rotatable bonds is 10. The van der Waals surface area contributed by atoms with E-state index < -0.39 is 17.9 Å². The van der Waals surface area contributed by atoms with Gasteiger partial charge in [0.2, 0.25) is 5.91 Å². The number of fused-ring (bicyclic) bond motifs is 3. The summed E-state index contributed by atoms with van der Waals surface area (Å²) in [6.07, 6.45) is 3.99. The first-order valence-corrected chi connectivity index (χ1v) is 13.4. The van der Waals surface area contributed by atoms with Crippen LogP contribution in [0.1, 0.15) is 75.8 Å². The van der Waals surface area contributed by atoms with Crippen molar-refractivity contribution in [1.29, 1.82) is 5.26 Å². The van der Waals surface area contributed by atoms with Crippen LogP contribution in [0.4, 0.5) is 0 Å². The summed E-state index contributed by atoms with van der Waals surface area (Å²) < 4.78 is 5.74. The van der Waals surface area contributed by atoms with Crippen LogP contribution < -0.4 is 5.32 Å². The molecule has 6 nitrogen and oxygen atoms in total. The average molecular weight is 501 g/mol. The second-order valence-corrected chi connectivity index (χ2v) is 10.8. The molecule has 1 amide bonds. The summed E-state index contributed by atoms with van der Waals surface area (Å²) >= 11 is 0. The number of ether oxygens (including phenoxy) is 1. The largest absolute Gasteiger partial charge is 0.465 e. The van der Waals surface area contributed by atoms with Crippen molar-refractivity contribution in [3.8, 4) is 17.2 Å². The maximum atomic E-state index is 13.1. The van der Waals surface area contributed by atoms with E-state index in [4.69, 9.17) is 4.74 Å². The van der Waals surface area contributed by atoms with Crippen molar-refractivity contribution in [3.63, 3.8) is 0 Å². The van der Waals surface area contributed by atoms with Crippen molar-refractivity contribution in [3.05, 3.63) is 59.7 Å². The zero-order chi connectivity index (χ0) is 26.4. The number of nitrogens with one attached hydrogen (secondary N) is 1. The Balaban J connectivity index is 1.37. The minimum Gasteiger partial charge on any atom is -0.465 e. The molecule has 37 heavy (non-hydrogen) atoms. The molecule has 1 saturated carbocycles. The fraction of sp³-hybridized carbons (Fsp3) is 0.484. The summed E-state index contributed by atoms with van der Waals surface area (Å²) in [5.41, 5.74) is 4.61. The van der Waals surface area contributed by atoms with Gasteiger partial charge in [-0.05, 0) is 53.9 Å². The van der Waals surface area contributed by atoms with Crippen molar-refractivity contribution in [2.24, 2.45) is 17.8 Å². The lowest BCUT2D eigenvalue weighted by molar-refractivity contribution is -0.147. The van der Waals surface area contributed by atoms with E-state index in [0.29, 0.717) is 19.3 Å². The fourth-order valence-corrected chi connectivity index (χ4v) is 5.75. The number of Topliss-reactive ketones (excluding diaryl/α,β-unsaturated/α-hetero) is 1. The molecule has 2 aliphatic rings. The first kappa shape index (κ1) is 26.6. The Kier molecular flexibility index (Phi) is 8.76. The molecule has 1 N–H and O–H groups in total. The standard InChI is InChI=1S/C31H36N2O4/c1-20(2)15-22(31(36)33-23(18-32)16-21-9-3-8-14-29(21)34)17-30(35)37-19-28-26-12-6-4-10-24(26)25-11-5-7-13-27(25)28/h4-7,10-13,20-23,28H,3,8-9,14-17,19H2,1-2H3,(H,33,36)/t21-,22+,23-/m0/s1. The van der Waals surface area contributed by atoms with Gasteiger partial charge in [0.25, 0.3) is 0 Å². The molecule has 0 aromatic heterocycles. The molecule has 6 heteroatoms. The lowest BCUT2D eigenvalue weighted by Crippen LogP contribution is -2.41. The maximum absolute atomic E-state index is 13.1. The molecule has 0 spiro atoms. The number of nitriles is 1. The van der Waals surface area contributed by atoms with Gasteiger partial charge >= 0.3 is 5.97 Å².